The highest BCUT2D eigenvalue weighted by Crippen LogP contribution is 2.20. The van der Waals surface area contributed by atoms with E-state index in [4.69, 9.17) is 9.47 Å². The molecule has 0 aliphatic carbocycles. The van der Waals surface area contributed by atoms with Crippen molar-refractivity contribution >= 4 is 11.6 Å². The van der Waals surface area contributed by atoms with E-state index in [0.29, 0.717) is 22.7 Å². The van der Waals surface area contributed by atoms with Gasteiger partial charge in [-0.15, -0.1) is 0 Å². The smallest absolute Gasteiger partial charge is 0.322 e. The molecule has 120 valence electrons. The molecule has 2 aromatic carbocycles. The lowest BCUT2D eigenvalue weighted by Crippen LogP contribution is -2.13. The number of ether oxygens (including phenoxy) is 2. The van der Waals surface area contributed by atoms with E-state index in [-0.39, 0.29) is 11.9 Å². The first-order valence-electron chi connectivity index (χ1n) is 7.25. The number of nitrogens with zero attached hydrogens (tertiary/aromatic N) is 2. The van der Waals surface area contributed by atoms with Crippen LogP contribution in [0.5, 0.6) is 17.5 Å². The van der Waals surface area contributed by atoms with E-state index in [1.807, 2.05) is 18.2 Å². The predicted octanol–water partition coefficient (Wildman–Crippen LogP) is 3.53. The van der Waals surface area contributed by atoms with Crippen LogP contribution in [0.4, 0.5) is 5.69 Å². The van der Waals surface area contributed by atoms with Crippen LogP contribution in [0.25, 0.3) is 0 Å². The number of anilines is 1. The van der Waals surface area contributed by atoms with E-state index in [1.165, 1.54) is 19.5 Å². The molecule has 1 amide bonds. The van der Waals surface area contributed by atoms with E-state index in [9.17, 15) is 4.79 Å². The normalized spacial score (nSPS) is 10.0. The highest BCUT2D eigenvalue weighted by molar-refractivity contribution is 6.06. The summed E-state index contributed by atoms with van der Waals surface area (Å²) in [5.74, 6) is 0.844. The minimum atomic E-state index is -0.298. The minimum Gasteiger partial charge on any atom is -0.496 e. The van der Waals surface area contributed by atoms with Crippen molar-refractivity contribution < 1.29 is 14.3 Å². The summed E-state index contributed by atoms with van der Waals surface area (Å²) in [5.41, 5.74) is 0.899. The van der Waals surface area contributed by atoms with Gasteiger partial charge in [-0.25, -0.2) is 9.97 Å². The van der Waals surface area contributed by atoms with Gasteiger partial charge in [-0.2, -0.15) is 0 Å². The van der Waals surface area contributed by atoms with Gasteiger partial charge in [-0.1, -0.05) is 30.3 Å². The summed E-state index contributed by atoms with van der Waals surface area (Å²) in [6.07, 6.45) is 2.97. The maximum atomic E-state index is 12.3. The second kappa shape index (κ2) is 7.23. The predicted molar refractivity (Wildman–Crippen MR) is 89.5 cm³/mol. The van der Waals surface area contributed by atoms with Gasteiger partial charge in [0.15, 0.2) is 0 Å². The van der Waals surface area contributed by atoms with E-state index < -0.39 is 0 Å². The molecule has 0 atom stereocenters. The lowest BCUT2D eigenvalue weighted by Gasteiger charge is -2.09. The molecular weight excluding hydrogens is 306 g/mol. The zero-order chi connectivity index (χ0) is 16.8. The SMILES string of the molecule is COc1ccccc1C(=O)Nc1cnc(Oc2ccccc2)nc1. The lowest BCUT2D eigenvalue weighted by atomic mass is 10.2. The van der Waals surface area contributed by atoms with Gasteiger partial charge in [0.25, 0.3) is 5.91 Å². The van der Waals surface area contributed by atoms with Crippen molar-refractivity contribution in [2.45, 2.75) is 0 Å². The first kappa shape index (κ1) is 15.5. The van der Waals surface area contributed by atoms with Gasteiger partial charge in [0.2, 0.25) is 0 Å². The third kappa shape index (κ3) is 3.67. The van der Waals surface area contributed by atoms with Crippen LogP contribution in [-0.2, 0) is 0 Å². The zero-order valence-corrected chi connectivity index (χ0v) is 13.0. The van der Waals surface area contributed by atoms with Crippen molar-refractivity contribution in [1.82, 2.24) is 9.97 Å². The molecule has 1 N–H and O–H groups in total. The minimum absolute atomic E-state index is 0.205. The average molecular weight is 321 g/mol. The summed E-state index contributed by atoms with van der Waals surface area (Å²) in [6, 6.07) is 16.4. The number of carbonyl (C=O) groups is 1. The molecule has 6 heteroatoms. The summed E-state index contributed by atoms with van der Waals surface area (Å²) in [5, 5.41) is 2.72. The summed E-state index contributed by atoms with van der Waals surface area (Å²) in [6.45, 7) is 0. The van der Waals surface area contributed by atoms with Crippen LogP contribution < -0.4 is 14.8 Å². The second-order valence-corrected chi connectivity index (χ2v) is 4.82. The fourth-order valence-corrected chi connectivity index (χ4v) is 2.06. The Morgan fingerprint density at radius 2 is 1.62 bits per heavy atom. The first-order valence-corrected chi connectivity index (χ1v) is 7.25. The fourth-order valence-electron chi connectivity index (χ4n) is 2.06. The highest BCUT2D eigenvalue weighted by Gasteiger charge is 2.12. The van der Waals surface area contributed by atoms with Crippen molar-refractivity contribution in [3.8, 4) is 17.5 Å². The number of rotatable bonds is 5. The van der Waals surface area contributed by atoms with Crippen molar-refractivity contribution in [2.75, 3.05) is 12.4 Å². The third-order valence-electron chi connectivity index (χ3n) is 3.19. The van der Waals surface area contributed by atoms with Gasteiger partial charge in [-0.05, 0) is 24.3 Å². The van der Waals surface area contributed by atoms with Gasteiger partial charge in [-0.3, -0.25) is 4.79 Å². The summed E-state index contributed by atoms with van der Waals surface area (Å²) < 4.78 is 10.7. The van der Waals surface area contributed by atoms with Crippen LogP contribution >= 0.6 is 0 Å². The quantitative estimate of drug-likeness (QED) is 0.778. The third-order valence-corrected chi connectivity index (χ3v) is 3.19. The molecular formula is C18H15N3O3. The number of hydrogen-bond acceptors (Lipinski definition) is 5. The maximum Gasteiger partial charge on any atom is 0.322 e. The molecule has 3 aromatic rings. The van der Waals surface area contributed by atoms with Crippen LogP contribution in [0.1, 0.15) is 10.4 Å². The Balaban J connectivity index is 1.69. The van der Waals surface area contributed by atoms with Crippen molar-refractivity contribution in [3.63, 3.8) is 0 Å². The number of methoxy groups -OCH3 is 1. The zero-order valence-electron chi connectivity index (χ0n) is 13.0. The molecule has 0 aliphatic heterocycles. The lowest BCUT2D eigenvalue weighted by molar-refractivity contribution is 0.102. The van der Waals surface area contributed by atoms with E-state index in [2.05, 4.69) is 15.3 Å². The maximum absolute atomic E-state index is 12.3. The Morgan fingerprint density at radius 3 is 2.33 bits per heavy atom. The van der Waals surface area contributed by atoms with Crippen LogP contribution in [0.2, 0.25) is 0 Å². The van der Waals surface area contributed by atoms with E-state index in [0.717, 1.165) is 0 Å². The Labute approximate surface area is 139 Å². The van der Waals surface area contributed by atoms with Crippen molar-refractivity contribution in [1.29, 1.82) is 0 Å². The fraction of sp³-hybridized carbons (Fsp3) is 0.0556. The largest absolute Gasteiger partial charge is 0.496 e. The molecule has 3 rings (SSSR count). The molecule has 0 saturated carbocycles. The number of benzene rings is 2. The molecule has 0 aliphatic rings. The molecule has 0 spiro atoms. The highest BCUT2D eigenvalue weighted by atomic mass is 16.5. The number of hydrogen-bond donors (Lipinski definition) is 1. The second-order valence-electron chi connectivity index (χ2n) is 4.82. The molecule has 0 bridgehead atoms. The molecule has 0 unspecified atom stereocenters. The monoisotopic (exact) mass is 321 g/mol. The molecule has 0 radical (unpaired) electrons. The summed E-state index contributed by atoms with van der Waals surface area (Å²) in [4.78, 5) is 20.5. The van der Waals surface area contributed by atoms with Gasteiger partial charge < -0.3 is 14.8 Å². The van der Waals surface area contributed by atoms with Crippen molar-refractivity contribution in [3.05, 3.63) is 72.6 Å². The number of para-hydroxylation sites is 2. The van der Waals surface area contributed by atoms with E-state index >= 15 is 0 Å². The van der Waals surface area contributed by atoms with Crippen LogP contribution in [0.3, 0.4) is 0 Å². The molecule has 24 heavy (non-hydrogen) atoms. The Kier molecular flexibility index (Phi) is 4.67. The number of nitrogens with one attached hydrogen (secondary N) is 1. The number of aromatic nitrogens is 2. The van der Waals surface area contributed by atoms with Gasteiger partial charge in [0, 0.05) is 0 Å². The molecule has 1 aromatic heterocycles. The van der Waals surface area contributed by atoms with Gasteiger partial charge in [0.1, 0.15) is 11.5 Å². The molecule has 6 nitrogen and oxygen atoms in total. The first-order chi connectivity index (χ1) is 11.8. The number of carbonyl (C=O) groups excluding carboxylic acids is 1. The Bertz CT molecular complexity index is 820. The average Bonchev–Trinajstić information content (AvgIpc) is 2.64. The van der Waals surface area contributed by atoms with Gasteiger partial charge in [0.05, 0.1) is 30.8 Å². The standard InChI is InChI=1S/C18H15N3O3/c1-23-16-10-6-5-9-15(16)17(22)21-13-11-19-18(20-12-13)24-14-7-3-2-4-8-14/h2-12H,1H3,(H,21,22). The number of amides is 1. The van der Waals surface area contributed by atoms with Crippen LogP contribution in [0.15, 0.2) is 67.0 Å². The topological polar surface area (TPSA) is 73.3 Å². The van der Waals surface area contributed by atoms with Crippen LogP contribution in [-0.4, -0.2) is 23.0 Å². The summed E-state index contributed by atoms with van der Waals surface area (Å²) in [7, 11) is 1.52. The Hall–Kier alpha value is -3.41. The molecule has 0 saturated heterocycles. The van der Waals surface area contributed by atoms with Gasteiger partial charge >= 0.3 is 6.01 Å². The molecule has 0 fully saturated rings. The van der Waals surface area contributed by atoms with E-state index in [1.54, 1.807) is 36.4 Å². The van der Waals surface area contributed by atoms with Crippen molar-refractivity contribution in [2.24, 2.45) is 0 Å². The van der Waals surface area contributed by atoms with Crippen LogP contribution in [0, 0.1) is 0 Å². The summed E-state index contributed by atoms with van der Waals surface area (Å²) >= 11 is 0. The molecule has 1 heterocycles. The Morgan fingerprint density at radius 1 is 0.958 bits per heavy atom.